The summed E-state index contributed by atoms with van der Waals surface area (Å²) >= 11 is 0. The topological polar surface area (TPSA) is 44.7 Å². The molecule has 2 N–H and O–H groups in total. The number of ether oxygens (including phenoxy) is 1. The highest BCUT2D eigenvalue weighted by atomic mass is 16.5. The molecule has 4 heteroatoms. The monoisotopic (exact) mass is 258 g/mol. The Morgan fingerprint density at radius 2 is 2.06 bits per heavy atom. The van der Waals surface area contributed by atoms with Gasteiger partial charge in [-0.15, -0.1) is 0 Å². The molecule has 4 nitrogen and oxygen atoms in total. The first-order valence-corrected chi connectivity index (χ1v) is 7.25. The zero-order valence-corrected chi connectivity index (χ0v) is 12.2. The number of nitrogens with one attached hydrogen (secondary N) is 1. The molecule has 0 radical (unpaired) electrons. The van der Waals surface area contributed by atoms with Gasteiger partial charge in [-0.2, -0.15) is 0 Å². The Kier molecular flexibility index (Phi) is 7.82. The summed E-state index contributed by atoms with van der Waals surface area (Å²) < 4.78 is 5.62. The molecule has 108 valence electrons. The summed E-state index contributed by atoms with van der Waals surface area (Å²) in [5.41, 5.74) is 0. The van der Waals surface area contributed by atoms with Crippen LogP contribution >= 0.6 is 0 Å². The van der Waals surface area contributed by atoms with E-state index in [1.807, 2.05) is 0 Å². The van der Waals surface area contributed by atoms with Crippen molar-refractivity contribution in [3.8, 4) is 0 Å². The maximum Gasteiger partial charge on any atom is 0.0593 e. The second-order valence-corrected chi connectivity index (χ2v) is 5.81. The van der Waals surface area contributed by atoms with Crippen LogP contribution in [-0.4, -0.2) is 62.0 Å². The van der Waals surface area contributed by atoms with Crippen LogP contribution in [0.1, 0.15) is 33.1 Å². The molecule has 1 aliphatic rings. The van der Waals surface area contributed by atoms with Crippen LogP contribution in [0.4, 0.5) is 0 Å². The lowest BCUT2D eigenvalue weighted by molar-refractivity contribution is 0.101. The van der Waals surface area contributed by atoms with Gasteiger partial charge in [-0.25, -0.2) is 0 Å². The first-order valence-electron chi connectivity index (χ1n) is 7.25. The molecular formula is C14H30N2O2. The Balaban J connectivity index is 1.97. The molecule has 0 aliphatic heterocycles. The van der Waals surface area contributed by atoms with Crippen molar-refractivity contribution in [3.05, 3.63) is 0 Å². The molecule has 0 amide bonds. The predicted octanol–water partition coefficient (Wildman–Crippen LogP) is 1.09. The van der Waals surface area contributed by atoms with E-state index in [0.717, 1.165) is 38.6 Å². The normalized spacial score (nSPS) is 17.7. The van der Waals surface area contributed by atoms with Crippen molar-refractivity contribution in [1.29, 1.82) is 0 Å². The van der Waals surface area contributed by atoms with E-state index in [4.69, 9.17) is 4.74 Å². The number of hydrogen-bond acceptors (Lipinski definition) is 4. The van der Waals surface area contributed by atoms with Gasteiger partial charge in [-0.3, -0.25) is 0 Å². The van der Waals surface area contributed by atoms with E-state index in [2.05, 4.69) is 31.1 Å². The van der Waals surface area contributed by atoms with Crippen LogP contribution < -0.4 is 5.32 Å². The summed E-state index contributed by atoms with van der Waals surface area (Å²) in [7, 11) is 2.12. The molecule has 1 aliphatic carbocycles. The molecule has 1 atom stereocenters. The lowest BCUT2D eigenvalue weighted by Gasteiger charge is -2.22. The van der Waals surface area contributed by atoms with Crippen LogP contribution in [0.3, 0.4) is 0 Å². The zero-order chi connectivity index (χ0) is 13.4. The summed E-state index contributed by atoms with van der Waals surface area (Å²) in [4.78, 5) is 2.28. The van der Waals surface area contributed by atoms with Gasteiger partial charge < -0.3 is 20.1 Å². The molecule has 1 fully saturated rings. The van der Waals surface area contributed by atoms with E-state index >= 15 is 0 Å². The number of aliphatic hydroxyl groups excluding tert-OH is 1. The third kappa shape index (κ3) is 8.03. The van der Waals surface area contributed by atoms with E-state index < -0.39 is 0 Å². The van der Waals surface area contributed by atoms with Crippen LogP contribution in [0.2, 0.25) is 0 Å². The molecule has 0 saturated heterocycles. The van der Waals surface area contributed by atoms with Crippen molar-refractivity contribution in [2.24, 2.45) is 5.92 Å². The highest BCUT2D eigenvalue weighted by Gasteiger charge is 2.20. The number of hydrogen-bond donors (Lipinski definition) is 2. The van der Waals surface area contributed by atoms with Crippen molar-refractivity contribution in [2.45, 2.75) is 45.2 Å². The minimum atomic E-state index is 0.208. The second-order valence-electron chi connectivity index (χ2n) is 5.81. The van der Waals surface area contributed by atoms with E-state index in [0.29, 0.717) is 6.04 Å². The van der Waals surface area contributed by atoms with Gasteiger partial charge in [-0.1, -0.05) is 13.8 Å². The Morgan fingerprint density at radius 1 is 1.33 bits per heavy atom. The molecule has 0 bridgehead atoms. The maximum atomic E-state index is 9.26. The SMILES string of the molecule is CC(C)NC(CO)CCN(C)CCOCC1CC1. The van der Waals surface area contributed by atoms with Crippen molar-refractivity contribution in [1.82, 2.24) is 10.2 Å². The molecule has 1 saturated carbocycles. The van der Waals surface area contributed by atoms with Crippen molar-refractivity contribution in [3.63, 3.8) is 0 Å². The lowest BCUT2D eigenvalue weighted by Crippen LogP contribution is -2.40. The first-order chi connectivity index (χ1) is 8.61. The number of rotatable bonds is 11. The summed E-state index contributed by atoms with van der Waals surface area (Å²) in [5.74, 6) is 0.851. The Labute approximate surface area is 112 Å². The van der Waals surface area contributed by atoms with Gasteiger partial charge in [0.1, 0.15) is 0 Å². The fourth-order valence-corrected chi connectivity index (χ4v) is 1.94. The lowest BCUT2D eigenvalue weighted by atomic mass is 10.2. The van der Waals surface area contributed by atoms with E-state index in [1.165, 1.54) is 12.8 Å². The minimum Gasteiger partial charge on any atom is -0.395 e. The fourth-order valence-electron chi connectivity index (χ4n) is 1.94. The predicted molar refractivity (Wildman–Crippen MR) is 74.8 cm³/mol. The molecule has 1 rings (SSSR count). The van der Waals surface area contributed by atoms with Crippen LogP contribution in [0.25, 0.3) is 0 Å². The van der Waals surface area contributed by atoms with E-state index in [9.17, 15) is 5.11 Å². The van der Waals surface area contributed by atoms with Gasteiger partial charge in [0.15, 0.2) is 0 Å². The van der Waals surface area contributed by atoms with E-state index in [1.54, 1.807) is 0 Å². The van der Waals surface area contributed by atoms with Gasteiger partial charge in [0.2, 0.25) is 0 Å². The first kappa shape index (κ1) is 15.9. The Hall–Kier alpha value is -0.160. The van der Waals surface area contributed by atoms with Crippen molar-refractivity contribution < 1.29 is 9.84 Å². The highest BCUT2D eigenvalue weighted by molar-refractivity contribution is 4.72. The van der Waals surface area contributed by atoms with E-state index in [-0.39, 0.29) is 12.6 Å². The third-order valence-corrected chi connectivity index (χ3v) is 3.32. The van der Waals surface area contributed by atoms with Gasteiger partial charge >= 0.3 is 0 Å². The van der Waals surface area contributed by atoms with Crippen LogP contribution in [0.15, 0.2) is 0 Å². The molecule has 18 heavy (non-hydrogen) atoms. The number of likely N-dealkylation sites (N-methyl/N-ethyl adjacent to an activating group) is 1. The van der Waals surface area contributed by atoms with Crippen molar-refractivity contribution >= 4 is 0 Å². The average molecular weight is 258 g/mol. The smallest absolute Gasteiger partial charge is 0.0593 e. The van der Waals surface area contributed by atoms with Gasteiger partial charge in [-0.05, 0) is 38.8 Å². The fraction of sp³-hybridized carbons (Fsp3) is 1.00. The van der Waals surface area contributed by atoms with Gasteiger partial charge in [0.05, 0.1) is 13.2 Å². The second kappa shape index (κ2) is 8.86. The maximum absolute atomic E-state index is 9.26. The summed E-state index contributed by atoms with van der Waals surface area (Å²) in [5, 5.41) is 12.6. The summed E-state index contributed by atoms with van der Waals surface area (Å²) in [6.45, 7) is 8.18. The van der Waals surface area contributed by atoms with Crippen LogP contribution in [-0.2, 0) is 4.74 Å². The Bertz CT molecular complexity index is 208. The van der Waals surface area contributed by atoms with Crippen molar-refractivity contribution in [2.75, 3.05) is 40.0 Å². The summed E-state index contributed by atoms with van der Waals surface area (Å²) in [6, 6.07) is 0.633. The highest BCUT2D eigenvalue weighted by Crippen LogP contribution is 2.28. The number of nitrogens with zero attached hydrogens (tertiary/aromatic N) is 1. The molecule has 0 aromatic heterocycles. The molecule has 0 spiro atoms. The average Bonchev–Trinajstić information content (AvgIpc) is 3.13. The minimum absolute atomic E-state index is 0.208. The zero-order valence-electron chi connectivity index (χ0n) is 12.2. The van der Waals surface area contributed by atoms with Crippen LogP contribution in [0.5, 0.6) is 0 Å². The third-order valence-electron chi connectivity index (χ3n) is 3.32. The largest absolute Gasteiger partial charge is 0.395 e. The van der Waals surface area contributed by atoms with Gasteiger partial charge in [0, 0.05) is 25.2 Å². The summed E-state index contributed by atoms with van der Waals surface area (Å²) in [6.07, 6.45) is 3.69. The van der Waals surface area contributed by atoms with Gasteiger partial charge in [0.25, 0.3) is 0 Å². The van der Waals surface area contributed by atoms with Crippen LogP contribution in [0, 0.1) is 5.92 Å². The molecule has 0 aromatic rings. The molecule has 0 aromatic carbocycles. The Morgan fingerprint density at radius 3 is 2.61 bits per heavy atom. The molecule has 1 unspecified atom stereocenters. The quantitative estimate of drug-likeness (QED) is 0.545. The molecule has 0 heterocycles. The molecular weight excluding hydrogens is 228 g/mol. The number of aliphatic hydroxyl groups is 1. The standard InChI is InChI=1S/C14H30N2O2/c1-12(2)15-14(10-17)6-7-16(3)8-9-18-11-13-4-5-13/h12-15,17H,4-11H2,1-3H3.